The third-order valence-electron chi connectivity index (χ3n) is 2.40. The van der Waals surface area contributed by atoms with Crippen LogP contribution in [-0.4, -0.2) is 28.1 Å². The summed E-state index contributed by atoms with van der Waals surface area (Å²) in [6.45, 7) is 1.23. The molecule has 0 radical (unpaired) electrons. The van der Waals surface area contributed by atoms with Gasteiger partial charge in [0.2, 0.25) is 0 Å². The number of hydrogen-bond donors (Lipinski definition) is 3. The summed E-state index contributed by atoms with van der Waals surface area (Å²) >= 11 is 3.12. The summed E-state index contributed by atoms with van der Waals surface area (Å²) < 4.78 is 0.553. The molecular formula is C11H12BrN3O5. The van der Waals surface area contributed by atoms with Gasteiger partial charge in [0.05, 0.1) is 11.5 Å². The monoisotopic (exact) mass is 345 g/mol. The van der Waals surface area contributed by atoms with Crippen LogP contribution in [0.25, 0.3) is 0 Å². The summed E-state index contributed by atoms with van der Waals surface area (Å²) in [6, 6.07) is 2.69. The summed E-state index contributed by atoms with van der Waals surface area (Å²) in [4.78, 5) is 32.3. The molecule has 0 saturated heterocycles. The first-order chi connectivity index (χ1) is 9.31. The van der Waals surface area contributed by atoms with E-state index in [-0.39, 0.29) is 12.2 Å². The molecular weight excluding hydrogens is 334 g/mol. The van der Waals surface area contributed by atoms with Gasteiger partial charge in [0.15, 0.2) is 0 Å². The van der Waals surface area contributed by atoms with Crippen molar-refractivity contribution in [2.45, 2.75) is 19.5 Å². The lowest BCUT2D eigenvalue weighted by molar-refractivity contribution is -0.385. The Labute approximate surface area is 122 Å². The van der Waals surface area contributed by atoms with Gasteiger partial charge >= 0.3 is 12.0 Å². The minimum atomic E-state index is -1.17. The van der Waals surface area contributed by atoms with Crippen molar-refractivity contribution >= 4 is 33.6 Å². The number of urea groups is 1. The van der Waals surface area contributed by atoms with Crippen molar-refractivity contribution in [3.05, 3.63) is 38.3 Å². The number of nitrogens with one attached hydrogen (secondary N) is 2. The van der Waals surface area contributed by atoms with Crippen molar-refractivity contribution in [1.82, 2.24) is 10.6 Å². The molecule has 1 atom stereocenters. The Hall–Kier alpha value is -2.16. The summed E-state index contributed by atoms with van der Waals surface area (Å²) in [7, 11) is 0. The summed E-state index contributed by atoms with van der Waals surface area (Å²) in [6.07, 6.45) is 0. The zero-order valence-electron chi connectivity index (χ0n) is 10.4. The first-order valence-electron chi connectivity index (χ1n) is 5.51. The van der Waals surface area contributed by atoms with E-state index in [1.165, 1.54) is 19.1 Å². The topological polar surface area (TPSA) is 122 Å². The molecule has 9 heteroatoms. The summed E-state index contributed by atoms with van der Waals surface area (Å²) in [5.74, 6) is -1.17. The molecule has 1 unspecified atom stereocenters. The maximum atomic E-state index is 11.4. The van der Waals surface area contributed by atoms with E-state index < -0.39 is 23.0 Å². The van der Waals surface area contributed by atoms with Gasteiger partial charge in [-0.3, -0.25) is 14.9 Å². The minimum Gasteiger partial charge on any atom is -0.480 e. The van der Waals surface area contributed by atoms with Crippen LogP contribution in [0, 0.1) is 10.1 Å². The number of aliphatic carboxylic acids is 1. The number of nitrogens with zero attached hydrogens (tertiary/aromatic N) is 1. The van der Waals surface area contributed by atoms with E-state index in [2.05, 4.69) is 26.6 Å². The van der Waals surface area contributed by atoms with E-state index in [9.17, 15) is 19.7 Å². The Bertz CT molecular complexity index is 549. The van der Waals surface area contributed by atoms with Crippen molar-refractivity contribution in [2.75, 3.05) is 0 Å². The van der Waals surface area contributed by atoms with Crippen molar-refractivity contribution < 1.29 is 19.6 Å². The molecule has 0 spiro atoms. The van der Waals surface area contributed by atoms with Crippen LogP contribution >= 0.6 is 15.9 Å². The molecule has 0 fully saturated rings. The highest BCUT2D eigenvalue weighted by molar-refractivity contribution is 9.10. The SMILES string of the molecule is CC(NC(=O)NCc1ccc(Br)cc1[N+](=O)[O-])C(=O)O. The van der Waals surface area contributed by atoms with Crippen molar-refractivity contribution in [3.63, 3.8) is 0 Å². The standard InChI is InChI=1S/C11H12BrN3O5/c1-6(10(16)17)14-11(18)13-5-7-2-3-8(12)4-9(7)15(19)20/h2-4,6H,5H2,1H3,(H,16,17)(H2,13,14,18). The van der Waals surface area contributed by atoms with Crippen LogP contribution in [0.4, 0.5) is 10.5 Å². The molecule has 0 aromatic heterocycles. The fourth-order valence-electron chi connectivity index (χ4n) is 1.34. The largest absolute Gasteiger partial charge is 0.480 e. The highest BCUT2D eigenvalue weighted by atomic mass is 79.9. The Kier molecular flexibility index (Phi) is 5.44. The van der Waals surface area contributed by atoms with Crippen LogP contribution in [0.2, 0.25) is 0 Å². The quantitative estimate of drug-likeness (QED) is 0.553. The first-order valence-corrected chi connectivity index (χ1v) is 6.30. The molecule has 0 aliphatic rings. The molecule has 8 nitrogen and oxygen atoms in total. The average molecular weight is 346 g/mol. The molecule has 1 rings (SSSR count). The van der Waals surface area contributed by atoms with Gasteiger partial charge in [-0.2, -0.15) is 0 Å². The molecule has 0 bridgehead atoms. The number of halogens is 1. The van der Waals surface area contributed by atoms with E-state index in [0.717, 1.165) is 0 Å². The highest BCUT2D eigenvalue weighted by Crippen LogP contribution is 2.23. The van der Waals surface area contributed by atoms with E-state index in [4.69, 9.17) is 5.11 Å². The van der Waals surface area contributed by atoms with Crippen LogP contribution in [0.5, 0.6) is 0 Å². The Balaban J connectivity index is 2.68. The van der Waals surface area contributed by atoms with E-state index >= 15 is 0 Å². The molecule has 0 aliphatic heterocycles. The zero-order chi connectivity index (χ0) is 15.3. The van der Waals surface area contributed by atoms with Gasteiger partial charge in [-0.1, -0.05) is 15.9 Å². The number of carbonyl (C=O) groups excluding carboxylic acids is 1. The number of nitro groups is 1. The Morgan fingerprint density at radius 3 is 2.70 bits per heavy atom. The second-order valence-electron chi connectivity index (χ2n) is 3.92. The second kappa shape index (κ2) is 6.85. The van der Waals surface area contributed by atoms with Crippen LogP contribution in [0.1, 0.15) is 12.5 Å². The molecule has 3 N–H and O–H groups in total. The van der Waals surface area contributed by atoms with Gasteiger partial charge < -0.3 is 15.7 Å². The number of hydrogen-bond acceptors (Lipinski definition) is 4. The van der Waals surface area contributed by atoms with E-state index in [1.54, 1.807) is 6.07 Å². The fraction of sp³-hybridized carbons (Fsp3) is 0.273. The third kappa shape index (κ3) is 4.50. The van der Waals surface area contributed by atoms with Crippen molar-refractivity contribution in [3.8, 4) is 0 Å². The van der Waals surface area contributed by atoms with Gasteiger partial charge in [-0.15, -0.1) is 0 Å². The number of carbonyl (C=O) groups is 2. The molecule has 2 amide bonds. The van der Waals surface area contributed by atoms with E-state index in [1.807, 2.05) is 0 Å². The lowest BCUT2D eigenvalue weighted by Crippen LogP contribution is -2.44. The van der Waals surface area contributed by atoms with Crippen LogP contribution in [0.3, 0.4) is 0 Å². The molecule has 108 valence electrons. The van der Waals surface area contributed by atoms with Gasteiger partial charge in [0.25, 0.3) is 5.69 Å². The van der Waals surface area contributed by atoms with Gasteiger partial charge in [0.1, 0.15) is 6.04 Å². The van der Waals surface area contributed by atoms with Gasteiger partial charge in [-0.05, 0) is 19.1 Å². The Morgan fingerprint density at radius 1 is 1.50 bits per heavy atom. The maximum absolute atomic E-state index is 11.4. The van der Waals surface area contributed by atoms with Crippen molar-refractivity contribution in [1.29, 1.82) is 0 Å². The van der Waals surface area contributed by atoms with E-state index in [0.29, 0.717) is 10.0 Å². The lowest BCUT2D eigenvalue weighted by Gasteiger charge is -2.11. The third-order valence-corrected chi connectivity index (χ3v) is 2.89. The number of rotatable bonds is 5. The predicted molar refractivity (Wildman–Crippen MR) is 73.3 cm³/mol. The van der Waals surface area contributed by atoms with Gasteiger partial charge in [-0.25, -0.2) is 4.79 Å². The number of carboxylic acids is 1. The van der Waals surface area contributed by atoms with Crippen molar-refractivity contribution in [2.24, 2.45) is 0 Å². The number of nitro benzene ring substituents is 1. The maximum Gasteiger partial charge on any atom is 0.325 e. The predicted octanol–water partition coefficient (Wildman–Crippen LogP) is 1.63. The molecule has 0 saturated carbocycles. The smallest absolute Gasteiger partial charge is 0.325 e. The Morgan fingerprint density at radius 2 is 2.15 bits per heavy atom. The average Bonchev–Trinajstić information content (AvgIpc) is 2.36. The lowest BCUT2D eigenvalue weighted by atomic mass is 10.2. The minimum absolute atomic E-state index is 0.0816. The molecule has 0 aliphatic carbocycles. The fourth-order valence-corrected chi connectivity index (χ4v) is 1.69. The van der Waals surface area contributed by atoms with Gasteiger partial charge in [0, 0.05) is 16.1 Å². The summed E-state index contributed by atoms with van der Waals surface area (Å²) in [5.41, 5.74) is 0.183. The number of amides is 2. The van der Waals surface area contributed by atoms with Crippen LogP contribution in [-0.2, 0) is 11.3 Å². The number of benzene rings is 1. The van der Waals surface area contributed by atoms with Crippen LogP contribution in [0.15, 0.2) is 22.7 Å². The second-order valence-corrected chi connectivity index (χ2v) is 4.83. The molecule has 20 heavy (non-hydrogen) atoms. The normalized spacial score (nSPS) is 11.5. The summed E-state index contributed by atoms with van der Waals surface area (Å²) in [5, 5.41) is 24.0. The highest BCUT2D eigenvalue weighted by Gasteiger charge is 2.16. The van der Waals surface area contributed by atoms with Crippen LogP contribution < -0.4 is 10.6 Å². The number of carboxylic acid groups (broad SMARTS) is 1. The molecule has 1 aromatic rings. The zero-order valence-corrected chi connectivity index (χ0v) is 12.0. The first kappa shape index (κ1) is 15.9. The molecule has 1 aromatic carbocycles. The molecule has 0 heterocycles.